The van der Waals surface area contributed by atoms with Crippen molar-refractivity contribution in [2.24, 2.45) is 11.8 Å². The van der Waals surface area contributed by atoms with E-state index in [-0.39, 0.29) is 24.3 Å². The normalized spacial score (nSPS) is 22.2. The number of ether oxygens (including phenoxy) is 1. The molecule has 1 aliphatic heterocycles. The quantitative estimate of drug-likeness (QED) is 0.795. The summed E-state index contributed by atoms with van der Waals surface area (Å²) >= 11 is 0. The van der Waals surface area contributed by atoms with Crippen LogP contribution >= 0.6 is 0 Å². The molecule has 6 heteroatoms. The molecule has 1 amide bonds. The number of hydrogen-bond donors (Lipinski definition) is 1. The van der Waals surface area contributed by atoms with Crippen molar-refractivity contribution in [1.29, 1.82) is 0 Å². The van der Waals surface area contributed by atoms with Crippen molar-refractivity contribution in [3.05, 3.63) is 24.2 Å². The Morgan fingerprint density at radius 3 is 2.90 bits per heavy atom. The van der Waals surface area contributed by atoms with E-state index < -0.39 is 0 Å². The van der Waals surface area contributed by atoms with Gasteiger partial charge in [-0.2, -0.15) is 0 Å². The molecule has 1 aliphatic rings. The predicted octanol–water partition coefficient (Wildman–Crippen LogP) is 0.538. The van der Waals surface area contributed by atoms with Gasteiger partial charge in [0.2, 0.25) is 0 Å². The zero-order valence-electron chi connectivity index (χ0n) is 12.7. The Morgan fingerprint density at radius 2 is 2.29 bits per heavy atom. The molecule has 21 heavy (non-hydrogen) atoms. The number of rotatable bonds is 7. The van der Waals surface area contributed by atoms with E-state index in [9.17, 15) is 9.90 Å². The molecule has 1 aromatic heterocycles. The number of nitrogens with zero attached hydrogens (tertiary/aromatic N) is 2. The second kappa shape index (κ2) is 7.59. The van der Waals surface area contributed by atoms with Gasteiger partial charge in [-0.05, 0) is 19.0 Å². The summed E-state index contributed by atoms with van der Waals surface area (Å²) in [6.45, 7) is 3.77. The monoisotopic (exact) mass is 296 g/mol. The zero-order valence-corrected chi connectivity index (χ0v) is 12.7. The summed E-state index contributed by atoms with van der Waals surface area (Å²) in [5.74, 6) is 0.391. The molecule has 0 spiro atoms. The molecular weight excluding hydrogens is 272 g/mol. The molecule has 1 saturated heterocycles. The Balaban J connectivity index is 1.92. The van der Waals surface area contributed by atoms with Crippen LogP contribution < -0.4 is 0 Å². The topological polar surface area (TPSA) is 66.2 Å². The summed E-state index contributed by atoms with van der Waals surface area (Å²) in [6, 6.07) is 1.67. The maximum Gasteiger partial charge on any atom is 0.257 e. The molecule has 1 aromatic rings. The van der Waals surface area contributed by atoms with Crippen molar-refractivity contribution in [2.45, 2.75) is 0 Å². The maximum absolute atomic E-state index is 12.3. The molecule has 2 atom stereocenters. The summed E-state index contributed by atoms with van der Waals surface area (Å²) in [5, 5.41) is 9.56. The van der Waals surface area contributed by atoms with Gasteiger partial charge in [-0.15, -0.1) is 0 Å². The van der Waals surface area contributed by atoms with Gasteiger partial charge in [0.15, 0.2) is 0 Å². The predicted molar refractivity (Wildman–Crippen MR) is 78.1 cm³/mol. The molecule has 118 valence electrons. The summed E-state index contributed by atoms with van der Waals surface area (Å²) in [6.07, 6.45) is 2.97. The highest BCUT2D eigenvalue weighted by atomic mass is 16.5. The summed E-state index contributed by atoms with van der Waals surface area (Å²) in [7, 11) is 3.72. The van der Waals surface area contributed by atoms with E-state index in [4.69, 9.17) is 9.15 Å². The molecule has 0 unspecified atom stereocenters. The van der Waals surface area contributed by atoms with E-state index in [1.807, 2.05) is 7.05 Å². The lowest BCUT2D eigenvalue weighted by atomic mass is 9.96. The van der Waals surface area contributed by atoms with Crippen molar-refractivity contribution in [3.63, 3.8) is 0 Å². The van der Waals surface area contributed by atoms with E-state index in [1.54, 1.807) is 18.1 Å². The molecule has 1 N–H and O–H groups in total. The molecule has 0 aromatic carbocycles. The van der Waals surface area contributed by atoms with E-state index in [0.717, 1.165) is 13.1 Å². The van der Waals surface area contributed by atoms with Gasteiger partial charge in [0, 0.05) is 45.8 Å². The standard InChI is InChI=1S/C15H24N2O4/c1-16(4-6-20-2)7-13-8-17(9-14(13)10-18)15(19)12-3-5-21-11-12/h3,5,11,13-14,18H,4,6-10H2,1-2H3/t13-,14-/m1/s1. The van der Waals surface area contributed by atoms with E-state index >= 15 is 0 Å². The van der Waals surface area contributed by atoms with Gasteiger partial charge in [-0.25, -0.2) is 0 Å². The van der Waals surface area contributed by atoms with Gasteiger partial charge < -0.3 is 24.1 Å². The van der Waals surface area contributed by atoms with Crippen LogP contribution in [0.4, 0.5) is 0 Å². The largest absolute Gasteiger partial charge is 0.472 e. The van der Waals surface area contributed by atoms with Crippen molar-refractivity contribution >= 4 is 5.91 Å². The third kappa shape index (κ3) is 4.06. The molecule has 0 radical (unpaired) electrons. The number of aliphatic hydroxyl groups is 1. The number of methoxy groups -OCH3 is 1. The Morgan fingerprint density at radius 1 is 1.52 bits per heavy atom. The van der Waals surface area contributed by atoms with Crippen LogP contribution in [0.2, 0.25) is 0 Å². The lowest BCUT2D eigenvalue weighted by molar-refractivity contribution is 0.0778. The van der Waals surface area contributed by atoms with E-state index in [0.29, 0.717) is 25.3 Å². The van der Waals surface area contributed by atoms with Crippen LogP contribution in [0.3, 0.4) is 0 Å². The number of likely N-dealkylation sites (N-methyl/N-ethyl adjacent to an activating group) is 1. The third-order valence-corrected chi connectivity index (χ3v) is 4.09. The number of likely N-dealkylation sites (tertiary alicyclic amines) is 1. The van der Waals surface area contributed by atoms with Crippen LogP contribution in [-0.2, 0) is 4.74 Å². The van der Waals surface area contributed by atoms with Crippen molar-refractivity contribution in [3.8, 4) is 0 Å². The summed E-state index contributed by atoms with van der Waals surface area (Å²) in [5.41, 5.74) is 0.570. The highest BCUT2D eigenvalue weighted by Crippen LogP contribution is 2.25. The Bertz CT molecular complexity index is 435. The average molecular weight is 296 g/mol. The van der Waals surface area contributed by atoms with Crippen LogP contribution in [0.15, 0.2) is 23.0 Å². The molecule has 6 nitrogen and oxygen atoms in total. The zero-order chi connectivity index (χ0) is 15.2. The van der Waals surface area contributed by atoms with Crippen LogP contribution in [0.1, 0.15) is 10.4 Å². The SMILES string of the molecule is COCCN(C)C[C@@H]1CN(C(=O)c2ccoc2)C[C@@H]1CO. The minimum atomic E-state index is -0.0238. The summed E-state index contributed by atoms with van der Waals surface area (Å²) in [4.78, 5) is 16.3. The van der Waals surface area contributed by atoms with E-state index in [1.165, 1.54) is 12.5 Å². The van der Waals surface area contributed by atoms with Gasteiger partial charge in [0.05, 0.1) is 18.4 Å². The smallest absolute Gasteiger partial charge is 0.257 e. The first-order valence-corrected chi connectivity index (χ1v) is 7.25. The number of carbonyl (C=O) groups excluding carboxylic acids is 1. The van der Waals surface area contributed by atoms with Gasteiger partial charge in [0.25, 0.3) is 5.91 Å². The molecular formula is C15H24N2O4. The molecule has 2 rings (SSSR count). The number of aliphatic hydroxyl groups excluding tert-OH is 1. The summed E-state index contributed by atoms with van der Waals surface area (Å²) < 4.78 is 10.0. The van der Waals surface area contributed by atoms with Crippen LogP contribution in [0.5, 0.6) is 0 Å². The second-order valence-electron chi connectivity index (χ2n) is 5.68. The Hall–Kier alpha value is -1.37. The van der Waals surface area contributed by atoms with Crippen LogP contribution in [0.25, 0.3) is 0 Å². The highest BCUT2D eigenvalue weighted by Gasteiger charge is 2.35. The second-order valence-corrected chi connectivity index (χ2v) is 5.68. The van der Waals surface area contributed by atoms with E-state index in [2.05, 4.69) is 4.90 Å². The Labute approximate surface area is 125 Å². The number of carbonyl (C=O) groups is 1. The molecule has 0 saturated carbocycles. The average Bonchev–Trinajstić information content (AvgIpc) is 3.13. The van der Waals surface area contributed by atoms with Crippen molar-refractivity contribution < 1.29 is 19.1 Å². The van der Waals surface area contributed by atoms with Crippen LogP contribution in [-0.4, -0.2) is 74.4 Å². The van der Waals surface area contributed by atoms with Crippen molar-refractivity contribution in [1.82, 2.24) is 9.80 Å². The van der Waals surface area contributed by atoms with Crippen molar-refractivity contribution in [2.75, 3.05) is 53.6 Å². The Kier molecular flexibility index (Phi) is 5.78. The molecule has 1 fully saturated rings. The fourth-order valence-electron chi connectivity index (χ4n) is 2.83. The van der Waals surface area contributed by atoms with Crippen LogP contribution in [0, 0.1) is 11.8 Å². The van der Waals surface area contributed by atoms with Gasteiger partial charge >= 0.3 is 0 Å². The van der Waals surface area contributed by atoms with Gasteiger partial charge in [-0.3, -0.25) is 4.79 Å². The minimum absolute atomic E-state index is 0.0238. The first-order chi connectivity index (χ1) is 10.2. The first-order valence-electron chi connectivity index (χ1n) is 7.25. The third-order valence-electron chi connectivity index (χ3n) is 4.09. The first kappa shape index (κ1) is 16.0. The molecule has 0 bridgehead atoms. The molecule has 2 heterocycles. The number of furan rings is 1. The fraction of sp³-hybridized carbons (Fsp3) is 0.667. The van der Waals surface area contributed by atoms with Gasteiger partial charge in [0.1, 0.15) is 6.26 Å². The highest BCUT2D eigenvalue weighted by molar-refractivity contribution is 5.94. The lowest BCUT2D eigenvalue weighted by Crippen LogP contribution is -2.33. The maximum atomic E-state index is 12.3. The lowest BCUT2D eigenvalue weighted by Gasteiger charge is -2.23. The number of amides is 1. The fourth-order valence-corrected chi connectivity index (χ4v) is 2.83. The van der Waals surface area contributed by atoms with Gasteiger partial charge in [-0.1, -0.05) is 0 Å². The molecule has 0 aliphatic carbocycles. The minimum Gasteiger partial charge on any atom is -0.472 e. The number of hydrogen-bond acceptors (Lipinski definition) is 5.